The Bertz CT molecular complexity index is 373. The third-order valence-corrected chi connectivity index (χ3v) is 3.38. The number of nitrogens with zero attached hydrogens (tertiary/aromatic N) is 3. The Hall–Kier alpha value is -1.20. The molecule has 2 saturated heterocycles. The monoisotopic (exact) mass is 234 g/mol. The van der Waals surface area contributed by atoms with Gasteiger partial charge in [-0.1, -0.05) is 0 Å². The number of aromatic nitrogens is 2. The fourth-order valence-electron chi connectivity index (χ4n) is 2.41. The van der Waals surface area contributed by atoms with Gasteiger partial charge in [0.15, 0.2) is 0 Å². The molecule has 1 N–H and O–H groups in total. The maximum absolute atomic E-state index is 5.34. The highest BCUT2D eigenvalue weighted by Gasteiger charge is 2.20. The van der Waals surface area contributed by atoms with Crippen LogP contribution in [0.5, 0.6) is 0 Å². The van der Waals surface area contributed by atoms with Crippen molar-refractivity contribution in [1.82, 2.24) is 15.3 Å². The van der Waals surface area contributed by atoms with Crippen molar-refractivity contribution in [2.45, 2.75) is 18.9 Å². The third kappa shape index (κ3) is 2.40. The Labute approximate surface area is 101 Å². The molecule has 3 heterocycles. The molecule has 0 bridgehead atoms. The molecule has 2 aliphatic heterocycles. The van der Waals surface area contributed by atoms with Crippen LogP contribution in [0.4, 0.5) is 5.95 Å². The fourth-order valence-corrected chi connectivity index (χ4v) is 2.41. The predicted octanol–water partition coefficient (Wildman–Crippen LogP) is 0.738. The molecule has 3 rings (SSSR count). The lowest BCUT2D eigenvalue weighted by molar-refractivity contribution is 0.122. The van der Waals surface area contributed by atoms with Crippen molar-refractivity contribution in [2.75, 3.05) is 37.7 Å². The molecule has 0 radical (unpaired) electrons. The van der Waals surface area contributed by atoms with Crippen LogP contribution in [0, 0.1) is 0 Å². The molecule has 0 aliphatic carbocycles. The van der Waals surface area contributed by atoms with E-state index in [0.717, 1.165) is 44.5 Å². The van der Waals surface area contributed by atoms with Crippen LogP contribution in [0.25, 0.3) is 0 Å². The van der Waals surface area contributed by atoms with Crippen molar-refractivity contribution in [3.05, 3.63) is 18.0 Å². The van der Waals surface area contributed by atoms with Gasteiger partial charge >= 0.3 is 0 Å². The second-order valence-electron chi connectivity index (χ2n) is 4.53. The van der Waals surface area contributed by atoms with Crippen molar-refractivity contribution in [3.8, 4) is 0 Å². The summed E-state index contributed by atoms with van der Waals surface area (Å²) in [5.74, 6) is 0.847. The Morgan fingerprint density at radius 2 is 2.24 bits per heavy atom. The summed E-state index contributed by atoms with van der Waals surface area (Å²) in [6.07, 6.45) is 4.29. The first-order valence-corrected chi connectivity index (χ1v) is 6.32. The molecule has 5 nitrogen and oxygen atoms in total. The zero-order valence-electron chi connectivity index (χ0n) is 9.93. The average Bonchev–Trinajstić information content (AvgIpc) is 2.94. The minimum Gasteiger partial charge on any atom is -0.378 e. The Kier molecular flexibility index (Phi) is 3.20. The number of rotatable bonds is 2. The van der Waals surface area contributed by atoms with Crippen LogP contribution < -0.4 is 10.2 Å². The number of morpholine rings is 1. The Morgan fingerprint density at radius 1 is 1.35 bits per heavy atom. The summed E-state index contributed by atoms with van der Waals surface area (Å²) in [4.78, 5) is 11.2. The largest absolute Gasteiger partial charge is 0.378 e. The van der Waals surface area contributed by atoms with Crippen LogP contribution in [0.2, 0.25) is 0 Å². The van der Waals surface area contributed by atoms with E-state index in [-0.39, 0.29) is 0 Å². The number of hydrogen-bond donors (Lipinski definition) is 1. The molecule has 92 valence electrons. The molecule has 1 aromatic rings. The summed E-state index contributed by atoms with van der Waals surface area (Å²) >= 11 is 0. The molecule has 1 unspecified atom stereocenters. The normalized spacial score (nSPS) is 25.2. The first-order valence-electron chi connectivity index (χ1n) is 6.32. The lowest BCUT2D eigenvalue weighted by atomic mass is 10.1. The standard InChI is InChI=1S/C12H18N4O/c1-2-10(13-4-1)11-3-5-14-12(15-11)16-6-8-17-9-7-16/h3,5,10,13H,1-2,4,6-9H2. The maximum Gasteiger partial charge on any atom is 0.225 e. The van der Waals surface area contributed by atoms with E-state index in [1.54, 1.807) is 0 Å². The average molecular weight is 234 g/mol. The van der Waals surface area contributed by atoms with Gasteiger partial charge in [-0.3, -0.25) is 0 Å². The Balaban J connectivity index is 1.77. The molecular formula is C12H18N4O. The van der Waals surface area contributed by atoms with E-state index in [4.69, 9.17) is 4.74 Å². The van der Waals surface area contributed by atoms with Crippen LogP contribution in [-0.4, -0.2) is 42.8 Å². The lowest BCUT2D eigenvalue weighted by Gasteiger charge is -2.27. The molecular weight excluding hydrogens is 216 g/mol. The molecule has 2 fully saturated rings. The molecule has 0 saturated carbocycles. The van der Waals surface area contributed by atoms with Gasteiger partial charge < -0.3 is 15.0 Å². The van der Waals surface area contributed by atoms with Crippen LogP contribution in [0.15, 0.2) is 12.3 Å². The highest BCUT2D eigenvalue weighted by Crippen LogP contribution is 2.22. The van der Waals surface area contributed by atoms with Gasteiger partial charge in [0.25, 0.3) is 0 Å². The minimum atomic E-state index is 0.415. The molecule has 1 aromatic heterocycles. The quantitative estimate of drug-likeness (QED) is 0.818. The first kappa shape index (κ1) is 10.9. The van der Waals surface area contributed by atoms with E-state index < -0.39 is 0 Å². The zero-order valence-corrected chi connectivity index (χ0v) is 9.93. The van der Waals surface area contributed by atoms with Gasteiger partial charge in [-0.05, 0) is 25.5 Å². The van der Waals surface area contributed by atoms with E-state index in [0.29, 0.717) is 6.04 Å². The summed E-state index contributed by atoms with van der Waals surface area (Å²) in [5, 5.41) is 3.47. The summed E-state index contributed by atoms with van der Waals surface area (Å²) in [6.45, 7) is 4.43. The highest BCUT2D eigenvalue weighted by molar-refractivity contribution is 5.31. The Morgan fingerprint density at radius 3 is 3.00 bits per heavy atom. The molecule has 0 amide bonds. The third-order valence-electron chi connectivity index (χ3n) is 3.38. The lowest BCUT2D eigenvalue weighted by Crippen LogP contribution is -2.37. The number of ether oxygens (including phenoxy) is 1. The van der Waals surface area contributed by atoms with E-state index in [1.807, 2.05) is 12.3 Å². The van der Waals surface area contributed by atoms with Crippen LogP contribution in [0.1, 0.15) is 24.6 Å². The topological polar surface area (TPSA) is 50.3 Å². The van der Waals surface area contributed by atoms with E-state index >= 15 is 0 Å². The van der Waals surface area contributed by atoms with E-state index in [1.165, 1.54) is 12.8 Å². The number of anilines is 1. The van der Waals surface area contributed by atoms with Gasteiger partial charge in [0.1, 0.15) is 0 Å². The minimum absolute atomic E-state index is 0.415. The SMILES string of the molecule is c1cc(C2CCCN2)nc(N2CCOCC2)n1. The maximum atomic E-state index is 5.34. The van der Waals surface area contributed by atoms with E-state index in [2.05, 4.69) is 20.2 Å². The van der Waals surface area contributed by atoms with Crippen molar-refractivity contribution in [2.24, 2.45) is 0 Å². The summed E-state index contributed by atoms with van der Waals surface area (Å²) < 4.78 is 5.34. The summed E-state index contributed by atoms with van der Waals surface area (Å²) in [6, 6.07) is 2.44. The molecule has 17 heavy (non-hydrogen) atoms. The van der Waals surface area contributed by atoms with Crippen molar-refractivity contribution >= 4 is 5.95 Å². The second-order valence-corrected chi connectivity index (χ2v) is 4.53. The molecule has 1 atom stereocenters. The highest BCUT2D eigenvalue weighted by atomic mass is 16.5. The van der Waals surface area contributed by atoms with Crippen LogP contribution in [-0.2, 0) is 4.74 Å². The number of hydrogen-bond acceptors (Lipinski definition) is 5. The molecule has 5 heteroatoms. The molecule has 0 spiro atoms. The second kappa shape index (κ2) is 4.98. The van der Waals surface area contributed by atoms with Crippen molar-refractivity contribution in [3.63, 3.8) is 0 Å². The zero-order chi connectivity index (χ0) is 11.5. The van der Waals surface area contributed by atoms with Gasteiger partial charge in [0.05, 0.1) is 18.9 Å². The first-order chi connectivity index (χ1) is 8.43. The van der Waals surface area contributed by atoms with Crippen LogP contribution in [0.3, 0.4) is 0 Å². The van der Waals surface area contributed by atoms with Crippen molar-refractivity contribution in [1.29, 1.82) is 0 Å². The van der Waals surface area contributed by atoms with Gasteiger partial charge in [0.2, 0.25) is 5.95 Å². The smallest absolute Gasteiger partial charge is 0.225 e. The van der Waals surface area contributed by atoms with Gasteiger partial charge in [-0.15, -0.1) is 0 Å². The van der Waals surface area contributed by atoms with Gasteiger partial charge in [-0.2, -0.15) is 0 Å². The van der Waals surface area contributed by atoms with Gasteiger partial charge in [-0.25, -0.2) is 9.97 Å². The number of nitrogens with one attached hydrogen (secondary N) is 1. The summed E-state index contributed by atoms with van der Waals surface area (Å²) in [7, 11) is 0. The fraction of sp³-hybridized carbons (Fsp3) is 0.667. The van der Waals surface area contributed by atoms with Gasteiger partial charge in [0, 0.05) is 25.3 Å². The van der Waals surface area contributed by atoms with Crippen LogP contribution >= 0.6 is 0 Å². The van der Waals surface area contributed by atoms with Crippen molar-refractivity contribution < 1.29 is 4.74 Å². The molecule has 2 aliphatic rings. The molecule has 0 aromatic carbocycles. The predicted molar refractivity (Wildman–Crippen MR) is 65.0 cm³/mol. The van der Waals surface area contributed by atoms with E-state index in [9.17, 15) is 0 Å². The summed E-state index contributed by atoms with van der Waals surface area (Å²) in [5.41, 5.74) is 1.12.